The molecular weight excluding hydrogens is 182 g/mol. The van der Waals surface area contributed by atoms with Crippen molar-refractivity contribution in [3.05, 3.63) is 34.9 Å². The number of aryl methyl sites for hydroxylation is 1. The van der Waals surface area contributed by atoms with Gasteiger partial charge in [0, 0.05) is 0 Å². The van der Waals surface area contributed by atoms with Crippen LogP contribution in [0.2, 0.25) is 0 Å². The lowest BCUT2D eigenvalue weighted by Gasteiger charge is -2.12. The first-order valence-corrected chi connectivity index (χ1v) is 4.26. The third-order valence-corrected chi connectivity index (χ3v) is 2.12. The third kappa shape index (κ3) is 2.10. The zero-order valence-electron chi connectivity index (χ0n) is 7.90. The standard InChI is InChI=1S/C10H13NO3/c1-6-2-3-7(10(13)14)4-8(6)9(11)5-12/h2-4,9,12H,5,11H2,1H3,(H,13,14)/t9-/m1/s1. The van der Waals surface area contributed by atoms with Gasteiger partial charge in [-0.3, -0.25) is 0 Å². The van der Waals surface area contributed by atoms with Crippen molar-refractivity contribution in [2.75, 3.05) is 6.61 Å². The SMILES string of the molecule is Cc1ccc(C(=O)O)cc1[C@H](N)CO. The largest absolute Gasteiger partial charge is 0.478 e. The highest BCUT2D eigenvalue weighted by Crippen LogP contribution is 2.17. The second kappa shape index (κ2) is 4.21. The number of aromatic carboxylic acids is 1. The smallest absolute Gasteiger partial charge is 0.335 e. The van der Waals surface area contributed by atoms with E-state index in [2.05, 4.69) is 0 Å². The lowest BCUT2D eigenvalue weighted by Crippen LogP contribution is -2.16. The van der Waals surface area contributed by atoms with Crippen molar-refractivity contribution in [2.24, 2.45) is 5.73 Å². The highest BCUT2D eigenvalue weighted by molar-refractivity contribution is 5.87. The summed E-state index contributed by atoms with van der Waals surface area (Å²) in [5.41, 5.74) is 7.37. The first kappa shape index (κ1) is 10.7. The molecule has 0 radical (unpaired) electrons. The molecule has 4 N–H and O–H groups in total. The van der Waals surface area contributed by atoms with E-state index in [0.29, 0.717) is 5.56 Å². The molecule has 0 fully saturated rings. The number of benzene rings is 1. The van der Waals surface area contributed by atoms with Crippen LogP contribution >= 0.6 is 0 Å². The molecule has 0 spiro atoms. The molecule has 0 aliphatic rings. The molecule has 0 aromatic heterocycles. The van der Waals surface area contributed by atoms with Crippen molar-refractivity contribution in [1.82, 2.24) is 0 Å². The lowest BCUT2D eigenvalue weighted by molar-refractivity contribution is 0.0696. The van der Waals surface area contributed by atoms with Crippen molar-refractivity contribution in [2.45, 2.75) is 13.0 Å². The molecule has 0 saturated carbocycles. The average molecular weight is 195 g/mol. The predicted molar refractivity (Wildman–Crippen MR) is 52.2 cm³/mol. The van der Waals surface area contributed by atoms with Gasteiger partial charge >= 0.3 is 5.97 Å². The Morgan fingerprint density at radius 1 is 1.57 bits per heavy atom. The van der Waals surface area contributed by atoms with Crippen LogP contribution < -0.4 is 5.73 Å². The zero-order chi connectivity index (χ0) is 10.7. The maximum atomic E-state index is 10.7. The number of aliphatic hydroxyl groups excluding tert-OH is 1. The fraction of sp³-hybridized carbons (Fsp3) is 0.300. The molecule has 76 valence electrons. The summed E-state index contributed by atoms with van der Waals surface area (Å²) in [5, 5.41) is 17.6. The number of hydrogen-bond acceptors (Lipinski definition) is 3. The van der Waals surface area contributed by atoms with Crippen molar-refractivity contribution in [3.8, 4) is 0 Å². The number of aliphatic hydroxyl groups is 1. The fourth-order valence-electron chi connectivity index (χ4n) is 1.27. The summed E-state index contributed by atoms with van der Waals surface area (Å²) in [6.45, 7) is 1.64. The molecule has 0 aliphatic carbocycles. The minimum atomic E-state index is -0.989. The van der Waals surface area contributed by atoms with E-state index < -0.39 is 12.0 Å². The first-order chi connectivity index (χ1) is 6.56. The summed E-state index contributed by atoms with van der Waals surface area (Å²) in [6.07, 6.45) is 0. The number of rotatable bonds is 3. The van der Waals surface area contributed by atoms with Gasteiger partial charge in [0.2, 0.25) is 0 Å². The molecule has 1 aromatic rings. The second-order valence-electron chi connectivity index (χ2n) is 3.17. The molecule has 1 atom stereocenters. The Kier molecular flexibility index (Phi) is 3.22. The topological polar surface area (TPSA) is 83.5 Å². The molecule has 0 aliphatic heterocycles. The van der Waals surface area contributed by atoms with Crippen LogP contribution in [0.4, 0.5) is 0 Å². The highest BCUT2D eigenvalue weighted by Gasteiger charge is 2.11. The van der Waals surface area contributed by atoms with E-state index in [1.54, 1.807) is 6.07 Å². The molecule has 14 heavy (non-hydrogen) atoms. The van der Waals surface area contributed by atoms with Gasteiger partial charge < -0.3 is 15.9 Å². The van der Waals surface area contributed by atoms with Gasteiger partial charge in [-0.25, -0.2) is 4.79 Å². The Hall–Kier alpha value is -1.39. The molecule has 0 saturated heterocycles. The van der Waals surface area contributed by atoms with Gasteiger partial charge in [0.15, 0.2) is 0 Å². The third-order valence-electron chi connectivity index (χ3n) is 2.12. The van der Waals surface area contributed by atoms with Gasteiger partial charge in [-0.15, -0.1) is 0 Å². The highest BCUT2D eigenvalue weighted by atomic mass is 16.4. The number of nitrogens with two attached hydrogens (primary N) is 1. The van der Waals surface area contributed by atoms with E-state index in [0.717, 1.165) is 5.56 Å². The normalized spacial score (nSPS) is 12.5. The monoisotopic (exact) mass is 195 g/mol. The van der Waals surface area contributed by atoms with Crippen LogP contribution in [0.25, 0.3) is 0 Å². The van der Waals surface area contributed by atoms with E-state index in [9.17, 15) is 4.79 Å². The Bertz CT molecular complexity index is 349. The van der Waals surface area contributed by atoms with Crippen LogP contribution in [0.1, 0.15) is 27.5 Å². The summed E-state index contributed by atoms with van der Waals surface area (Å²) in [4.78, 5) is 10.7. The van der Waals surface area contributed by atoms with E-state index in [-0.39, 0.29) is 12.2 Å². The summed E-state index contributed by atoms with van der Waals surface area (Å²) in [5.74, 6) is -0.989. The van der Waals surface area contributed by atoms with Gasteiger partial charge in [-0.2, -0.15) is 0 Å². The number of carbonyl (C=O) groups is 1. The molecular formula is C10H13NO3. The molecule has 4 nitrogen and oxygen atoms in total. The summed E-state index contributed by atoms with van der Waals surface area (Å²) in [6, 6.07) is 4.19. The number of carboxylic acid groups (broad SMARTS) is 1. The van der Waals surface area contributed by atoms with E-state index in [4.69, 9.17) is 15.9 Å². The number of carboxylic acids is 1. The maximum Gasteiger partial charge on any atom is 0.335 e. The second-order valence-corrected chi connectivity index (χ2v) is 3.17. The Morgan fingerprint density at radius 3 is 2.71 bits per heavy atom. The van der Waals surface area contributed by atoms with Crippen molar-refractivity contribution in [3.63, 3.8) is 0 Å². The summed E-state index contributed by atoms with van der Waals surface area (Å²) >= 11 is 0. The van der Waals surface area contributed by atoms with Gasteiger partial charge in [0.25, 0.3) is 0 Å². The predicted octanol–water partition coefficient (Wildman–Crippen LogP) is 0.685. The molecule has 1 aromatic carbocycles. The minimum absolute atomic E-state index is 0.189. The molecule has 0 bridgehead atoms. The fourth-order valence-corrected chi connectivity index (χ4v) is 1.27. The van der Waals surface area contributed by atoms with Crippen molar-refractivity contribution in [1.29, 1.82) is 0 Å². The zero-order valence-corrected chi connectivity index (χ0v) is 7.90. The number of hydrogen-bond donors (Lipinski definition) is 3. The molecule has 0 amide bonds. The van der Waals surface area contributed by atoms with Gasteiger partial charge in [0.1, 0.15) is 0 Å². The molecule has 4 heteroatoms. The summed E-state index contributed by atoms with van der Waals surface area (Å²) in [7, 11) is 0. The van der Waals surface area contributed by atoms with E-state index in [1.165, 1.54) is 12.1 Å². The van der Waals surface area contributed by atoms with Crippen LogP contribution in [-0.4, -0.2) is 22.8 Å². The van der Waals surface area contributed by atoms with Crippen LogP contribution in [0.3, 0.4) is 0 Å². The van der Waals surface area contributed by atoms with Crippen LogP contribution in [0.5, 0.6) is 0 Å². The van der Waals surface area contributed by atoms with Crippen molar-refractivity contribution < 1.29 is 15.0 Å². The summed E-state index contributed by atoms with van der Waals surface area (Å²) < 4.78 is 0. The van der Waals surface area contributed by atoms with E-state index >= 15 is 0 Å². The van der Waals surface area contributed by atoms with Gasteiger partial charge in [-0.05, 0) is 30.2 Å². The van der Waals surface area contributed by atoms with Crippen LogP contribution in [0, 0.1) is 6.92 Å². The Morgan fingerprint density at radius 2 is 2.21 bits per heavy atom. The molecule has 0 unspecified atom stereocenters. The molecule has 0 heterocycles. The Labute approximate surface area is 82.0 Å². The van der Waals surface area contributed by atoms with Crippen LogP contribution in [0.15, 0.2) is 18.2 Å². The maximum absolute atomic E-state index is 10.7. The van der Waals surface area contributed by atoms with Crippen molar-refractivity contribution >= 4 is 5.97 Å². The van der Waals surface area contributed by atoms with Gasteiger partial charge in [-0.1, -0.05) is 6.07 Å². The van der Waals surface area contributed by atoms with E-state index in [1.807, 2.05) is 6.92 Å². The average Bonchev–Trinajstić information content (AvgIpc) is 2.17. The van der Waals surface area contributed by atoms with Crippen LogP contribution in [-0.2, 0) is 0 Å². The van der Waals surface area contributed by atoms with Gasteiger partial charge in [0.05, 0.1) is 18.2 Å². The first-order valence-electron chi connectivity index (χ1n) is 4.26. The molecule has 1 rings (SSSR count). The Balaban J connectivity index is 3.14. The lowest BCUT2D eigenvalue weighted by atomic mass is 9.99. The quantitative estimate of drug-likeness (QED) is 0.662. The minimum Gasteiger partial charge on any atom is -0.478 e.